The van der Waals surface area contributed by atoms with Gasteiger partial charge in [0.05, 0.1) is 39.1 Å². The standard InChI is InChI=1S/C27H22Cl2FN3O/c1-33(2)26-19-12-13-21(30)23(18-8-5-9-20(28)24(18)29)25(19)31-14-22(26)32-27(34)17-11-10-15-6-3-4-7-16(15)17/h3-9,12-14,17H,10-11H2,1-2H3,(H,32,34). The van der Waals surface area contributed by atoms with E-state index in [0.717, 1.165) is 24.1 Å². The molecule has 4 nitrogen and oxygen atoms in total. The average molecular weight is 494 g/mol. The van der Waals surface area contributed by atoms with Gasteiger partial charge >= 0.3 is 0 Å². The molecule has 1 aliphatic carbocycles. The molecule has 0 fully saturated rings. The van der Waals surface area contributed by atoms with Crippen molar-refractivity contribution in [3.63, 3.8) is 0 Å². The maximum atomic E-state index is 15.1. The monoisotopic (exact) mass is 493 g/mol. The number of aryl methyl sites for hydroxylation is 1. The maximum Gasteiger partial charge on any atom is 0.232 e. The summed E-state index contributed by atoms with van der Waals surface area (Å²) in [5, 5.41) is 4.38. The number of pyridine rings is 1. The lowest BCUT2D eigenvalue weighted by Crippen LogP contribution is -2.22. The van der Waals surface area contributed by atoms with E-state index in [-0.39, 0.29) is 22.4 Å². The van der Waals surface area contributed by atoms with Gasteiger partial charge in [-0.15, -0.1) is 0 Å². The number of hydrogen-bond acceptors (Lipinski definition) is 3. The van der Waals surface area contributed by atoms with Crippen molar-refractivity contribution in [3.05, 3.63) is 87.8 Å². The Balaban J connectivity index is 1.61. The fraction of sp³-hybridized carbons (Fsp3) is 0.185. The Hall–Kier alpha value is -3.15. The molecule has 34 heavy (non-hydrogen) atoms. The van der Waals surface area contributed by atoms with Gasteiger partial charge in [-0.25, -0.2) is 4.39 Å². The topological polar surface area (TPSA) is 45.2 Å². The molecule has 0 saturated heterocycles. The SMILES string of the molecule is CN(C)c1c(NC(=O)C2CCc3ccccc32)cnc2c(-c3cccc(Cl)c3Cl)c(F)ccc12. The smallest absolute Gasteiger partial charge is 0.232 e. The molecule has 0 bridgehead atoms. The van der Waals surface area contributed by atoms with E-state index in [1.54, 1.807) is 30.5 Å². The van der Waals surface area contributed by atoms with Gasteiger partial charge in [-0.05, 0) is 42.2 Å². The molecule has 1 unspecified atom stereocenters. The fourth-order valence-corrected chi connectivity index (χ4v) is 5.20. The first-order valence-electron chi connectivity index (χ1n) is 11.0. The molecule has 1 amide bonds. The van der Waals surface area contributed by atoms with Crippen molar-refractivity contribution < 1.29 is 9.18 Å². The third-order valence-corrected chi connectivity index (χ3v) is 7.15. The van der Waals surface area contributed by atoms with E-state index in [1.807, 2.05) is 37.2 Å². The van der Waals surface area contributed by atoms with E-state index in [2.05, 4.69) is 16.4 Å². The summed E-state index contributed by atoms with van der Waals surface area (Å²) in [5.41, 5.74) is 4.78. The molecule has 1 aromatic heterocycles. The molecular formula is C27H22Cl2FN3O. The molecule has 1 aliphatic rings. The van der Waals surface area contributed by atoms with Crippen LogP contribution in [0, 0.1) is 5.82 Å². The van der Waals surface area contributed by atoms with Gasteiger partial charge in [0.1, 0.15) is 5.82 Å². The third-order valence-electron chi connectivity index (χ3n) is 6.34. The summed E-state index contributed by atoms with van der Waals surface area (Å²) in [6.45, 7) is 0. The lowest BCUT2D eigenvalue weighted by Gasteiger charge is -2.22. The van der Waals surface area contributed by atoms with Crippen LogP contribution in [-0.2, 0) is 11.2 Å². The molecule has 1 N–H and O–H groups in total. The highest BCUT2D eigenvalue weighted by molar-refractivity contribution is 6.44. The van der Waals surface area contributed by atoms with E-state index in [0.29, 0.717) is 27.2 Å². The van der Waals surface area contributed by atoms with Crippen LogP contribution in [0.1, 0.15) is 23.5 Å². The molecule has 3 aromatic carbocycles. The number of benzene rings is 3. The van der Waals surface area contributed by atoms with Crippen LogP contribution >= 0.6 is 23.2 Å². The average Bonchev–Trinajstić information content (AvgIpc) is 3.25. The van der Waals surface area contributed by atoms with Crippen molar-refractivity contribution in [2.75, 3.05) is 24.3 Å². The molecule has 0 saturated carbocycles. The summed E-state index contributed by atoms with van der Waals surface area (Å²) in [7, 11) is 3.76. The summed E-state index contributed by atoms with van der Waals surface area (Å²) in [6.07, 6.45) is 3.23. The Morgan fingerprint density at radius 1 is 1.09 bits per heavy atom. The fourth-order valence-electron chi connectivity index (χ4n) is 4.80. The largest absolute Gasteiger partial charge is 0.375 e. The Kier molecular flexibility index (Phi) is 5.92. The van der Waals surface area contributed by atoms with Crippen LogP contribution in [0.15, 0.2) is 60.8 Å². The van der Waals surface area contributed by atoms with Crippen LogP contribution in [0.3, 0.4) is 0 Å². The second kappa shape index (κ2) is 8.90. The second-order valence-electron chi connectivity index (χ2n) is 8.61. The lowest BCUT2D eigenvalue weighted by atomic mass is 9.99. The van der Waals surface area contributed by atoms with E-state index in [1.165, 1.54) is 11.6 Å². The number of hydrogen-bond donors (Lipinski definition) is 1. The van der Waals surface area contributed by atoms with Crippen molar-refractivity contribution in [1.82, 2.24) is 4.98 Å². The summed E-state index contributed by atoms with van der Waals surface area (Å²) in [5.74, 6) is -0.737. The number of nitrogens with zero attached hydrogens (tertiary/aromatic N) is 2. The van der Waals surface area contributed by atoms with Gasteiger partial charge < -0.3 is 10.2 Å². The van der Waals surface area contributed by atoms with Gasteiger partial charge in [-0.2, -0.15) is 0 Å². The van der Waals surface area contributed by atoms with Crippen LogP contribution in [-0.4, -0.2) is 25.0 Å². The van der Waals surface area contributed by atoms with Crippen LogP contribution in [0.25, 0.3) is 22.0 Å². The van der Waals surface area contributed by atoms with Gasteiger partial charge in [0.2, 0.25) is 5.91 Å². The van der Waals surface area contributed by atoms with Crippen molar-refractivity contribution in [2.24, 2.45) is 0 Å². The zero-order valence-corrected chi connectivity index (χ0v) is 20.2. The Labute approximate surface area is 207 Å². The molecular weight excluding hydrogens is 472 g/mol. The molecule has 0 spiro atoms. The first-order valence-corrected chi connectivity index (χ1v) is 11.7. The normalized spacial score (nSPS) is 14.8. The Morgan fingerprint density at radius 3 is 2.68 bits per heavy atom. The number of anilines is 2. The summed E-state index contributed by atoms with van der Waals surface area (Å²) in [4.78, 5) is 19.7. The van der Waals surface area contributed by atoms with Crippen LogP contribution < -0.4 is 10.2 Å². The van der Waals surface area contributed by atoms with Gasteiger partial charge in [0, 0.05) is 30.6 Å². The van der Waals surface area contributed by atoms with Crippen molar-refractivity contribution in [3.8, 4) is 11.1 Å². The second-order valence-corrected chi connectivity index (χ2v) is 9.40. The van der Waals surface area contributed by atoms with Crippen molar-refractivity contribution >= 4 is 51.4 Å². The predicted octanol–water partition coefficient (Wildman–Crippen LogP) is 7.08. The van der Waals surface area contributed by atoms with Gasteiger partial charge in [0.15, 0.2) is 0 Å². The van der Waals surface area contributed by atoms with Crippen LogP contribution in [0.4, 0.5) is 15.8 Å². The van der Waals surface area contributed by atoms with Crippen molar-refractivity contribution in [1.29, 1.82) is 0 Å². The zero-order chi connectivity index (χ0) is 24.0. The van der Waals surface area contributed by atoms with Crippen molar-refractivity contribution in [2.45, 2.75) is 18.8 Å². The molecule has 1 heterocycles. The number of aromatic nitrogens is 1. The number of carbonyl (C=O) groups excluding carboxylic acids is 1. The first kappa shape index (κ1) is 22.6. The number of fused-ring (bicyclic) bond motifs is 2. The van der Waals surface area contributed by atoms with E-state index >= 15 is 4.39 Å². The highest BCUT2D eigenvalue weighted by atomic mass is 35.5. The van der Waals surface area contributed by atoms with Gasteiger partial charge in [0.25, 0.3) is 0 Å². The Bertz CT molecular complexity index is 1440. The van der Waals surface area contributed by atoms with E-state index in [4.69, 9.17) is 23.2 Å². The van der Waals surface area contributed by atoms with E-state index < -0.39 is 5.82 Å². The van der Waals surface area contributed by atoms with Crippen LogP contribution in [0.5, 0.6) is 0 Å². The predicted molar refractivity (Wildman–Crippen MR) is 138 cm³/mol. The van der Waals surface area contributed by atoms with Gasteiger partial charge in [-0.1, -0.05) is 59.6 Å². The summed E-state index contributed by atoms with van der Waals surface area (Å²) >= 11 is 12.6. The molecule has 5 rings (SSSR count). The van der Waals surface area contributed by atoms with Crippen LogP contribution in [0.2, 0.25) is 10.0 Å². The number of amides is 1. The quantitative estimate of drug-likeness (QED) is 0.330. The number of nitrogens with one attached hydrogen (secondary N) is 1. The third kappa shape index (κ3) is 3.79. The molecule has 0 radical (unpaired) electrons. The first-order chi connectivity index (χ1) is 16.4. The van der Waals surface area contributed by atoms with E-state index in [9.17, 15) is 4.79 Å². The zero-order valence-electron chi connectivity index (χ0n) is 18.7. The maximum absolute atomic E-state index is 15.1. The summed E-state index contributed by atoms with van der Waals surface area (Å²) < 4.78 is 15.1. The van der Waals surface area contributed by atoms with Gasteiger partial charge in [-0.3, -0.25) is 9.78 Å². The minimum absolute atomic E-state index is 0.0746. The molecule has 1 atom stereocenters. The number of carbonyl (C=O) groups is 1. The highest BCUT2D eigenvalue weighted by Crippen LogP contribution is 2.42. The number of rotatable bonds is 4. The molecule has 172 valence electrons. The summed E-state index contributed by atoms with van der Waals surface area (Å²) in [6, 6.07) is 16.2. The molecule has 4 aromatic rings. The number of halogens is 3. The minimum Gasteiger partial charge on any atom is -0.375 e. The Morgan fingerprint density at radius 2 is 1.88 bits per heavy atom. The molecule has 7 heteroatoms. The highest BCUT2D eigenvalue weighted by Gasteiger charge is 2.29. The lowest BCUT2D eigenvalue weighted by molar-refractivity contribution is -0.117. The molecule has 0 aliphatic heterocycles. The minimum atomic E-state index is -0.451.